The van der Waals surface area contributed by atoms with E-state index in [0.29, 0.717) is 0 Å². The second kappa shape index (κ2) is 6.85. The number of thioether (sulfide) groups is 1. The molecule has 84 valence electrons. The van der Waals surface area contributed by atoms with Crippen molar-refractivity contribution in [2.75, 3.05) is 11.5 Å². The minimum absolute atomic E-state index is 0.226. The minimum Gasteiger partial charge on any atom is -0.327 e. The van der Waals surface area contributed by atoms with Crippen molar-refractivity contribution in [2.24, 2.45) is 11.7 Å². The maximum atomic E-state index is 6.03. The Kier molecular flexibility index (Phi) is 5.73. The molecule has 3 heteroatoms. The number of rotatable bonds is 6. The summed E-state index contributed by atoms with van der Waals surface area (Å²) in [7, 11) is 0. The Balaban J connectivity index is 2.21. The van der Waals surface area contributed by atoms with Gasteiger partial charge in [-0.3, -0.25) is 4.98 Å². The highest BCUT2D eigenvalue weighted by molar-refractivity contribution is 7.99. The number of aromatic nitrogens is 1. The van der Waals surface area contributed by atoms with Crippen LogP contribution in [0.25, 0.3) is 0 Å². The van der Waals surface area contributed by atoms with Gasteiger partial charge in [-0.1, -0.05) is 19.9 Å². The Morgan fingerprint density at radius 3 is 2.73 bits per heavy atom. The zero-order valence-electron chi connectivity index (χ0n) is 9.52. The molecule has 0 bridgehead atoms. The second-order valence-corrected chi connectivity index (χ2v) is 5.29. The molecule has 0 saturated heterocycles. The van der Waals surface area contributed by atoms with Crippen LogP contribution in [0.1, 0.15) is 19.5 Å². The molecule has 0 fully saturated rings. The first-order chi connectivity index (χ1) is 7.18. The van der Waals surface area contributed by atoms with Gasteiger partial charge in [-0.15, -0.1) is 0 Å². The van der Waals surface area contributed by atoms with Gasteiger partial charge in [-0.25, -0.2) is 0 Å². The topological polar surface area (TPSA) is 38.9 Å². The molecule has 0 aliphatic rings. The molecule has 2 nitrogen and oxygen atoms in total. The molecule has 0 radical (unpaired) electrons. The standard InChI is InChI=1S/C12H20N2S/c1-10(2)8-15-9-11(13)7-12-5-3-4-6-14-12/h3-6,10-11H,7-9,13H2,1-2H3. The normalized spacial score (nSPS) is 13.1. The van der Waals surface area contributed by atoms with Crippen molar-refractivity contribution in [1.29, 1.82) is 0 Å². The summed E-state index contributed by atoms with van der Waals surface area (Å²) >= 11 is 1.94. The van der Waals surface area contributed by atoms with Gasteiger partial charge in [-0.2, -0.15) is 11.8 Å². The van der Waals surface area contributed by atoms with Gasteiger partial charge in [-0.05, 0) is 23.8 Å². The van der Waals surface area contributed by atoms with E-state index in [2.05, 4.69) is 18.8 Å². The largest absolute Gasteiger partial charge is 0.327 e. The highest BCUT2D eigenvalue weighted by Crippen LogP contribution is 2.10. The molecule has 1 unspecified atom stereocenters. The summed E-state index contributed by atoms with van der Waals surface area (Å²) in [5.41, 5.74) is 7.12. The molecule has 0 aromatic carbocycles. The number of hydrogen-bond donors (Lipinski definition) is 1. The lowest BCUT2D eigenvalue weighted by atomic mass is 10.2. The highest BCUT2D eigenvalue weighted by atomic mass is 32.2. The molecule has 0 aliphatic carbocycles. The minimum atomic E-state index is 0.226. The zero-order chi connectivity index (χ0) is 11.1. The Bertz CT molecular complexity index is 262. The van der Waals surface area contributed by atoms with Crippen LogP contribution in [-0.2, 0) is 6.42 Å². The average Bonchev–Trinajstić information content (AvgIpc) is 2.18. The van der Waals surface area contributed by atoms with E-state index in [9.17, 15) is 0 Å². The maximum absolute atomic E-state index is 6.03. The Morgan fingerprint density at radius 1 is 1.33 bits per heavy atom. The van der Waals surface area contributed by atoms with E-state index in [1.807, 2.05) is 36.2 Å². The van der Waals surface area contributed by atoms with Gasteiger partial charge >= 0.3 is 0 Å². The summed E-state index contributed by atoms with van der Waals surface area (Å²) in [4.78, 5) is 4.27. The fourth-order valence-corrected chi connectivity index (χ4v) is 2.33. The molecule has 1 atom stereocenters. The van der Waals surface area contributed by atoms with Crippen LogP contribution in [0.15, 0.2) is 24.4 Å². The fraction of sp³-hybridized carbons (Fsp3) is 0.583. The molecule has 15 heavy (non-hydrogen) atoms. The van der Waals surface area contributed by atoms with Crippen LogP contribution in [0, 0.1) is 5.92 Å². The summed E-state index contributed by atoms with van der Waals surface area (Å²) in [5.74, 6) is 2.96. The van der Waals surface area contributed by atoms with E-state index in [4.69, 9.17) is 5.73 Å². The van der Waals surface area contributed by atoms with Gasteiger partial charge in [0.15, 0.2) is 0 Å². The molecule has 0 aliphatic heterocycles. The molecule has 1 rings (SSSR count). The lowest BCUT2D eigenvalue weighted by Gasteiger charge is -2.11. The van der Waals surface area contributed by atoms with Crippen LogP contribution in [0.5, 0.6) is 0 Å². The third kappa shape index (κ3) is 5.80. The van der Waals surface area contributed by atoms with Gasteiger partial charge < -0.3 is 5.73 Å². The highest BCUT2D eigenvalue weighted by Gasteiger charge is 2.05. The van der Waals surface area contributed by atoms with Gasteiger partial charge in [0.1, 0.15) is 0 Å². The summed E-state index contributed by atoms with van der Waals surface area (Å²) in [6.45, 7) is 4.47. The van der Waals surface area contributed by atoms with Crippen LogP contribution >= 0.6 is 11.8 Å². The van der Waals surface area contributed by atoms with Crippen LogP contribution in [-0.4, -0.2) is 22.5 Å². The van der Waals surface area contributed by atoms with Gasteiger partial charge in [0.25, 0.3) is 0 Å². The third-order valence-corrected chi connectivity index (χ3v) is 3.55. The lowest BCUT2D eigenvalue weighted by molar-refractivity contribution is 0.722. The predicted octanol–water partition coefficient (Wildman–Crippen LogP) is 2.34. The molecule has 0 spiro atoms. The number of hydrogen-bond acceptors (Lipinski definition) is 3. The van der Waals surface area contributed by atoms with E-state index in [1.165, 1.54) is 5.75 Å². The third-order valence-electron chi connectivity index (χ3n) is 1.98. The quantitative estimate of drug-likeness (QED) is 0.806. The van der Waals surface area contributed by atoms with Crippen molar-refractivity contribution in [3.63, 3.8) is 0 Å². The molecular weight excluding hydrogens is 204 g/mol. The summed E-state index contributed by atoms with van der Waals surface area (Å²) in [6.07, 6.45) is 2.70. The van der Waals surface area contributed by atoms with Crippen LogP contribution in [0.2, 0.25) is 0 Å². The van der Waals surface area contributed by atoms with Crippen molar-refractivity contribution in [1.82, 2.24) is 4.98 Å². The smallest absolute Gasteiger partial charge is 0.0419 e. The van der Waals surface area contributed by atoms with Crippen LogP contribution in [0.4, 0.5) is 0 Å². The SMILES string of the molecule is CC(C)CSCC(N)Cc1ccccn1. The first-order valence-electron chi connectivity index (χ1n) is 5.41. The van der Waals surface area contributed by atoms with E-state index in [0.717, 1.165) is 23.8 Å². The van der Waals surface area contributed by atoms with Crippen LogP contribution < -0.4 is 5.73 Å². The van der Waals surface area contributed by atoms with Gasteiger partial charge in [0.05, 0.1) is 0 Å². The van der Waals surface area contributed by atoms with Crippen molar-refractivity contribution < 1.29 is 0 Å². The van der Waals surface area contributed by atoms with Crippen molar-refractivity contribution in [3.05, 3.63) is 30.1 Å². The van der Waals surface area contributed by atoms with Crippen molar-refractivity contribution in [2.45, 2.75) is 26.3 Å². The maximum Gasteiger partial charge on any atom is 0.0419 e. The molecule has 1 aromatic heterocycles. The van der Waals surface area contributed by atoms with E-state index >= 15 is 0 Å². The first-order valence-corrected chi connectivity index (χ1v) is 6.57. The van der Waals surface area contributed by atoms with Crippen molar-refractivity contribution in [3.8, 4) is 0 Å². The lowest BCUT2D eigenvalue weighted by Crippen LogP contribution is -2.26. The van der Waals surface area contributed by atoms with Gasteiger partial charge in [0.2, 0.25) is 0 Å². The number of nitrogens with two attached hydrogens (primary N) is 1. The monoisotopic (exact) mass is 224 g/mol. The average molecular weight is 224 g/mol. The summed E-state index contributed by atoms with van der Waals surface area (Å²) in [6, 6.07) is 6.20. The van der Waals surface area contributed by atoms with Gasteiger partial charge in [0, 0.05) is 30.1 Å². The molecule has 0 amide bonds. The van der Waals surface area contributed by atoms with Crippen molar-refractivity contribution >= 4 is 11.8 Å². The predicted molar refractivity (Wildman–Crippen MR) is 68.1 cm³/mol. The van der Waals surface area contributed by atoms with Crippen LogP contribution in [0.3, 0.4) is 0 Å². The van der Waals surface area contributed by atoms with E-state index in [-0.39, 0.29) is 6.04 Å². The molecule has 0 saturated carbocycles. The number of nitrogens with zero attached hydrogens (tertiary/aromatic N) is 1. The Hall–Kier alpha value is -0.540. The van der Waals surface area contributed by atoms with E-state index in [1.54, 1.807) is 0 Å². The molecule has 1 aromatic rings. The Morgan fingerprint density at radius 2 is 2.13 bits per heavy atom. The summed E-state index contributed by atoms with van der Waals surface area (Å²) < 4.78 is 0. The molecule has 2 N–H and O–H groups in total. The first kappa shape index (κ1) is 12.5. The second-order valence-electron chi connectivity index (χ2n) is 4.22. The molecule has 1 heterocycles. The number of pyridine rings is 1. The Labute approximate surface area is 96.7 Å². The fourth-order valence-electron chi connectivity index (χ4n) is 1.30. The molecular formula is C12H20N2S. The van der Waals surface area contributed by atoms with E-state index < -0.39 is 0 Å². The zero-order valence-corrected chi connectivity index (χ0v) is 10.3. The summed E-state index contributed by atoms with van der Waals surface area (Å²) in [5, 5.41) is 0.